The zero-order valence-electron chi connectivity index (χ0n) is 12.3. The molecule has 0 unspecified atom stereocenters. The van der Waals surface area contributed by atoms with E-state index in [1.165, 1.54) is 0 Å². The molecule has 0 radical (unpaired) electrons. The van der Waals surface area contributed by atoms with Crippen molar-refractivity contribution >= 4 is 17.9 Å². The van der Waals surface area contributed by atoms with Gasteiger partial charge < -0.3 is 9.72 Å². The molecule has 5 heteroatoms. The molecule has 0 saturated carbocycles. The van der Waals surface area contributed by atoms with Gasteiger partial charge >= 0.3 is 0 Å². The molecule has 0 aliphatic rings. The standard InChI is InChI=1S/C18H15ClN2O2/c19-17-16(20-18(21-17)14-4-2-1-3-5-14)10-11-23-15-8-6-13(12-22)7-9-15/h1-9,12H,10-11H2,(H,20,21). The number of aromatic amines is 1. The van der Waals surface area contributed by atoms with Gasteiger partial charge in [-0.2, -0.15) is 0 Å². The van der Waals surface area contributed by atoms with Gasteiger partial charge in [0.05, 0.1) is 12.3 Å². The van der Waals surface area contributed by atoms with E-state index in [4.69, 9.17) is 16.3 Å². The van der Waals surface area contributed by atoms with Crippen LogP contribution in [0.3, 0.4) is 0 Å². The Bertz CT molecular complexity index is 783. The van der Waals surface area contributed by atoms with Crippen molar-refractivity contribution in [3.8, 4) is 17.1 Å². The van der Waals surface area contributed by atoms with Crippen molar-refractivity contribution in [3.63, 3.8) is 0 Å². The van der Waals surface area contributed by atoms with Crippen LogP contribution < -0.4 is 4.74 Å². The fourth-order valence-electron chi connectivity index (χ4n) is 2.20. The highest BCUT2D eigenvalue weighted by Gasteiger charge is 2.09. The van der Waals surface area contributed by atoms with E-state index in [-0.39, 0.29) is 0 Å². The number of nitrogens with one attached hydrogen (secondary N) is 1. The smallest absolute Gasteiger partial charge is 0.150 e. The van der Waals surface area contributed by atoms with Gasteiger partial charge in [0, 0.05) is 17.5 Å². The molecule has 0 atom stereocenters. The Morgan fingerprint density at radius 1 is 1.09 bits per heavy atom. The first-order valence-electron chi connectivity index (χ1n) is 7.24. The summed E-state index contributed by atoms with van der Waals surface area (Å²) < 4.78 is 5.66. The highest BCUT2D eigenvalue weighted by atomic mass is 35.5. The second-order valence-corrected chi connectivity index (χ2v) is 5.36. The summed E-state index contributed by atoms with van der Waals surface area (Å²) in [7, 11) is 0. The highest BCUT2D eigenvalue weighted by molar-refractivity contribution is 6.30. The van der Waals surface area contributed by atoms with Crippen LogP contribution in [-0.2, 0) is 6.42 Å². The van der Waals surface area contributed by atoms with E-state index >= 15 is 0 Å². The lowest BCUT2D eigenvalue weighted by molar-refractivity contribution is 0.112. The van der Waals surface area contributed by atoms with Crippen LogP contribution in [0.25, 0.3) is 11.4 Å². The topological polar surface area (TPSA) is 55.0 Å². The Morgan fingerprint density at radius 2 is 1.83 bits per heavy atom. The Kier molecular flexibility index (Phi) is 4.74. The van der Waals surface area contributed by atoms with Crippen molar-refractivity contribution in [2.45, 2.75) is 6.42 Å². The molecule has 0 bridgehead atoms. The summed E-state index contributed by atoms with van der Waals surface area (Å²) >= 11 is 6.18. The van der Waals surface area contributed by atoms with E-state index in [0.717, 1.165) is 29.1 Å². The number of hydrogen-bond acceptors (Lipinski definition) is 3. The lowest BCUT2D eigenvalue weighted by atomic mass is 10.2. The SMILES string of the molecule is O=Cc1ccc(OCCc2[nH]c(-c3ccccc3)nc2Cl)cc1. The minimum atomic E-state index is 0.462. The zero-order chi connectivity index (χ0) is 16.1. The molecule has 2 aromatic carbocycles. The molecule has 0 saturated heterocycles. The minimum Gasteiger partial charge on any atom is -0.493 e. The van der Waals surface area contributed by atoms with Crippen LogP contribution in [-0.4, -0.2) is 22.9 Å². The highest BCUT2D eigenvalue weighted by Crippen LogP contribution is 2.21. The minimum absolute atomic E-state index is 0.462. The summed E-state index contributed by atoms with van der Waals surface area (Å²) in [6.07, 6.45) is 1.42. The molecule has 116 valence electrons. The van der Waals surface area contributed by atoms with Crippen LogP contribution in [0.5, 0.6) is 5.75 Å². The number of hydrogen-bond donors (Lipinski definition) is 1. The van der Waals surface area contributed by atoms with Gasteiger partial charge in [-0.3, -0.25) is 4.79 Å². The van der Waals surface area contributed by atoms with E-state index in [1.54, 1.807) is 24.3 Å². The van der Waals surface area contributed by atoms with Gasteiger partial charge in [0.2, 0.25) is 0 Å². The summed E-state index contributed by atoms with van der Waals surface area (Å²) in [6, 6.07) is 16.8. The Labute approximate surface area is 139 Å². The molecule has 23 heavy (non-hydrogen) atoms. The molecule has 1 heterocycles. The monoisotopic (exact) mass is 326 g/mol. The predicted molar refractivity (Wildman–Crippen MR) is 90.1 cm³/mol. The number of H-pyrrole nitrogens is 1. The number of aromatic nitrogens is 2. The molecule has 1 N–H and O–H groups in total. The van der Waals surface area contributed by atoms with Gasteiger partial charge in [-0.1, -0.05) is 41.9 Å². The van der Waals surface area contributed by atoms with E-state index < -0.39 is 0 Å². The second-order valence-electron chi connectivity index (χ2n) is 5.01. The molecule has 1 aromatic heterocycles. The molecule has 0 aliphatic heterocycles. The van der Waals surface area contributed by atoms with Gasteiger partial charge in [-0.25, -0.2) is 4.98 Å². The first kappa shape index (κ1) is 15.3. The summed E-state index contributed by atoms with van der Waals surface area (Å²) in [6.45, 7) is 0.469. The average Bonchev–Trinajstić information content (AvgIpc) is 2.97. The Morgan fingerprint density at radius 3 is 2.52 bits per heavy atom. The lowest BCUT2D eigenvalue weighted by Crippen LogP contribution is -2.02. The number of benzene rings is 2. The average molecular weight is 327 g/mol. The molecule has 3 rings (SSSR count). The molecular weight excluding hydrogens is 312 g/mol. The number of carbonyl (C=O) groups is 1. The van der Waals surface area contributed by atoms with Gasteiger partial charge in [0.1, 0.15) is 17.9 Å². The van der Waals surface area contributed by atoms with Gasteiger partial charge in [0.25, 0.3) is 0 Å². The van der Waals surface area contributed by atoms with Crippen LogP contribution in [0.1, 0.15) is 16.1 Å². The largest absolute Gasteiger partial charge is 0.493 e. The fraction of sp³-hybridized carbons (Fsp3) is 0.111. The number of halogens is 1. The summed E-state index contributed by atoms with van der Waals surface area (Å²) in [4.78, 5) is 18.2. The van der Waals surface area contributed by atoms with Crippen LogP contribution in [0.15, 0.2) is 54.6 Å². The number of aldehydes is 1. The second kappa shape index (κ2) is 7.11. The van der Waals surface area contributed by atoms with E-state index in [9.17, 15) is 4.79 Å². The molecule has 0 fully saturated rings. The third kappa shape index (κ3) is 3.79. The zero-order valence-corrected chi connectivity index (χ0v) is 13.1. The first-order chi connectivity index (χ1) is 11.3. The summed E-state index contributed by atoms with van der Waals surface area (Å²) in [5, 5.41) is 0.462. The molecular formula is C18H15ClN2O2. The maximum Gasteiger partial charge on any atom is 0.150 e. The van der Waals surface area contributed by atoms with Gasteiger partial charge in [-0.05, 0) is 24.3 Å². The van der Waals surface area contributed by atoms with Crippen LogP contribution >= 0.6 is 11.6 Å². The van der Waals surface area contributed by atoms with Gasteiger partial charge in [-0.15, -0.1) is 0 Å². The van der Waals surface area contributed by atoms with E-state index in [2.05, 4.69) is 9.97 Å². The molecule has 4 nitrogen and oxygen atoms in total. The maximum absolute atomic E-state index is 10.6. The third-order valence-electron chi connectivity index (χ3n) is 3.41. The fourth-order valence-corrected chi connectivity index (χ4v) is 2.43. The van der Waals surface area contributed by atoms with Crippen LogP contribution in [0.2, 0.25) is 5.15 Å². The summed E-state index contributed by atoms with van der Waals surface area (Å²) in [5.74, 6) is 1.47. The predicted octanol–water partition coefficient (Wildman–Crippen LogP) is 4.16. The van der Waals surface area contributed by atoms with Crippen molar-refractivity contribution in [1.82, 2.24) is 9.97 Å². The number of rotatable bonds is 6. The Balaban J connectivity index is 1.62. The van der Waals surface area contributed by atoms with Crippen molar-refractivity contribution < 1.29 is 9.53 Å². The van der Waals surface area contributed by atoms with Crippen molar-refractivity contribution in [1.29, 1.82) is 0 Å². The van der Waals surface area contributed by atoms with Crippen molar-refractivity contribution in [2.24, 2.45) is 0 Å². The number of imidazole rings is 1. The lowest BCUT2D eigenvalue weighted by Gasteiger charge is -2.05. The maximum atomic E-state index is 10.6. The summed E-state index contributed by atoms with van der Waals surface area (Å²) in [5.41, 5.74) is 2.46. The number of carbonyl (C=O) groups excluding carboxylic acids is 1. The van der Waals surface area contributed by atoms with E-state index in [1.807, 2.05) is 30.3 Å². The molecule has 0 amide bonds. The van der Waals surface area contributed by atoms with Crippen molar-refractivity contribution in [2.75, 3.05) is 6.61 Å². The number of nitrogens with zero attached hydrogens (tertiary/aromatic N) is 1. The van der Waals surface area contributed by atoms with Crippen molar-refractivity contribution in [3.05, 3.63) is 71.0 Å². The van der Waals surface area contributed by atoms with E-state index in [0.29, 0.717) is 23.7 Å². The van der Waals surface area contributed by atoms with Gasteiger partial charge in [0.15, 0.2) is 5.15 Å². The Hall–Kier alpha value is -2.59. The molecule has 0 aliphatic carbocycles. The molecule has 3 aromatic rings. The van der Waals surface area contributed by atoms with Crippen LogP contribution in [0, 0.1) is 0 Å². The quantitative estimate of drug-likeness (QED) is 0.692. The normalized spacial score (nSPS) is 10.5. The molecule has 0 spiro atoms. The number of ether oxygens (including phenoxy) is 1. The van der Waals surface area contributed by atoms with Crippen LogP contribution in [0.4, 0.5) is 0 Å². The first-order valence-corrected chi connectivity index (χ1v) is 7.62. The third-order valence-corrected chi connectivity index (χ3v) is 3.73.